The van der Waals surface area contributed by atoms with E-state index >= 15 is 0 Å². The molecule has 1 aromatic heterocycles. The van der Waals surface area contributed by atoms with Crippen molar-refractivity contribution in [1.82, 2.24) is 20.2 Å². The third-order valence-electron chi connectivity index (χ3n) is 3.67. The molecule has 0 saturated heterocycles. The highest BCUT2D eigenvalue weighted by Crippen LogP contribution is 2.08. The Bertz CT molecular complexity index is 390. The third kappa shape index (κ3) is 12.3. The number of aliphatic imine (C=N–C) groups is 1. The number of aryl methyl sites for hydroxylation is 1. The highest BCUT2D eigenvalue weighted by molar-refractivity contribution is 14.0. The van der Waals surface area contributed by atoms with Crippen LogP contribution in [0.15, 0.2) is 23.7 Å². The molecule has 1 heterocycles. The summed E-state index contributed by atoms with van der Waals surface area (Å²) in [6, 6.07) is 0. The Morgan fingerprint density at radius 2 is 1.78 bits per heavy atom. The normalized spacial score (nSPS) is 11.4. The van der Waals surface area contributed by atoms with E-state index in [1.165, 1.54) is 32.1 Å². The van der Waals surface area contributed by atoms with E-state index in [-0.39, 0.29) is 24.0 Å². The van der Waals surface area contributed by atoms with Crippen LogP contribution in [-0.2, 0) is 6.54 Å². The molecule has 0 bridgehead atoms. The lowest BCUT2D eigenvalue weighted by Crippen LogP contribution is -2.38. The van der Waals surface area contributed by atoms with Crippen molar-refractivity contribution in [2.24, 2.45) is 10.9 Å². The number of hydrogen-bond acceptors (Lipinski definition) is 2. The summed E-state index contributed by atoms with van der Waals surface area (Å²) in [5, 5.41) is 6.74. The maximum absolute atomic E-state index is 4.26. The molecule has 134 valence electrons. The van der Waals surface area contributed by atoms with Gasteiger partial charge in [0.2, 0.25) is 0 Å². The van der Waals surface area contributed by atoms with E-state index in [0.717, 1.165) is 37.9 Å². The van der Waals surface area contributed by atoms with E-state index in [0.29, 0.717) is 0 Å². The zero-order valence-corrected chi connectivity index (χ0v) is 17.3. The van der Waals surface area contributed by atoms with Crippen LogP contribution in [0.4, 0.5) is 0 Å². The van der Waals surface area contributed by atoms with Gasteiger partial charge in [0.15, 0.2) is 5.96 Å². The lowest BCUT2D eigenvalue weighted by molar-refractivity contribution is 0.518. The second-order valence-corrected chi connectivity index (χ2v) is 6.18. The number of aromatic nitrogens is 2. The molecular weight excluding hydrogens is 401 g/mol. The zero-order chi connectivity index (χ0) is 16.0. The Kier molecular flexibility index (Phi) is 14.3. The molecule has 1 aromatic rings. The van der Waals surface area contributed by atoms with Crippen molar-refractivity contribution >= 4 is 29.9 Å². The van der Waals surface area contributed by atoms with Crippen LogP contribution in [0.25, 0.3) is 0 Å². The fourth-order valence-corrected chi connectivity index (χ4v) is 2.35. The van der Waals surface area contributed by atoms with Crippen LogP contribution < -0.4 is 10.6 Å². The van der Waals surface area contributed by atoms with Gasteiger partial charge >= 0.3 is 0 Å². The summed E-state index contributed by atoms with van der Waals surface area (Å²) in [6.07, 6.45) is 13.3. The van der Waals surface area contributed by atoms with Gasteiger partial charge in [0, 0.05) is 39.1 Å². The molecule has 0 aliphatic carbocycles. The lowest BCUT2D eigenvalue weighted by Gasteiger charge is -2.12. The molecule has 6 heteroatoms. The SMILES string of the molecule is CN=C(NCCCCCCC(C)C)NCCCn1ccnc1.I. The van der Waals surface area contributed by atoms with Crippen LogP contribution in [0.2, 0.25) is 0 Å². The second kappa shape index (κ2) is 14.8. The van der Waals surface area contributed by atoms with Gasteiger partial charge in [0.05, 0.1) is 6.33 Å². The maximum Gasteiger partial charge on any atom is 0.190 e. The quantitative estimate of drug-likeness (QED) is 0.241. The van der Waals surface area contributed by atoms with Crippen LogP contribution in [-0.4, -0.2) is 35.6 Å². The summed E-state index contributed by atoms with van der Waals surface area (Å²) in [4.78, 5) is 8.29. The smallest absolute Gasteiger partial charge is 0.190 e. The Labute approximate surface area is 158 Å². The molecular formula is C17H34IN5. The van der Waals surface area contributed by atoms with Gasteiger partial charge in [0.25, 0.3) is 0 Å². The second-order valence-electron chi connectivity index (χ2n) is 6.18. The first kappa shape index (κ1) is 22.2. The Morgan fingerprint density at radius 1 is 1.09 bits per heavy atom. The average molecular weight is 435 g/mol. The maximum atomic E-state index is 4.26. The molecule has 0 saturated carbocycles. The topological polar surface area (TPSA) is 54.2 Å². The molecule has 2 N–H and O–H groups in total. The number of hydrogen-bond donors (Lipinski definition) is 2. The summed E-state index contributed by atoms with van der Waals surface area (Å²) >= 11 is 0. The van der Waals surface area contributed by atoms with Crippen molar-refractivity contribution in [2.45, 2.75) is 58.9 Å². The predicted molar refractivity (Wildman–Crippen MR) is 110 cm³/mol. The van der Waals surface area contributed by atoms with Gasteiger partial charge < -0.3 is 15.2 Å². The molecule has 5 nitrogen and oxygen atoms in total. The predicted octanol–water partition coefficient (Wildman–Crippen LogP) is 3.66. The van der Waals surface area contributed by atoms with Crippen LogP contribution in [0, 0.1) is 5.92 Å². The number of halogens is 1. The molecule has 23 heavy (non-hydrogen) atoms. The largest absolute Gasteiger partial charge is 0.356 e. The van der Waals surface area contributed by atoms with E-state index in [2.05, 4.69) is 39.0 Å². The molecule has 0 aliphatic rings. The number of rotatable bonds is 11. The van der Waals surface area contributed by atoms with Gasteiger partial charge in [-0.15, -0.1) is 24.0 Å². The van der Waals surface area contributed by atoms with Crippen LogP contribution in [0.3, 0.4) is 0 Å². The van der Waals surface area contributed by atoms with E-state index in [9.17, 15) is 0 Å². The van der Waals surface area contributed by atoms with Gasteiger partial charge in [0.1, 0.15) is 0 Å². The van der Waals surface area contributed by atoms with Crippen molar-refractivity contribution in [1.29, 1.82) is 0 Å². The van der Waals surface area contributed by atoms with E-state index in [1.54, 1.807) is 0 Å². The minimum Gasteiger partial charge on any atom is -0.356 e. The highest BCUT2D eigenvalue weighted by atomic mass is 127. The molecule has 0 radical (unpaired) electrons. The molecule has 0 spiro atoms. The summed E-state index contributed by atoms with van der Waals surface area (Å²) in [6.45, 7) is 7.50. The molecule has 0 aromatic carbocycles. The van der Waals surface area contributed by atoms with Gasteiger partial charge in [-0.1, -0.05) is 39.5 Å². The Hall–Kier alpha value is -0.790. The average Bonchev–Trinajstić information content (AvgIpc) is 3.01. The number of imidazole rings is 1. The van der Waals surface area contributed by atoms with Crippen LogP contribution in [0.5, 0.6) is 0 Å². The molecule has 0 unspecified atom stereocenters. The Morgan fingerprint density at radius 3 is 2.39 bits per heavy atom. The summed E-state index contributed by atoms with van der Waals surface area (Å²) in [5.41, 5.74) is 0. The van der Waals surface area contributed by atoms with Crippen LogP contribution >= 0.6 is 24.0 Å². The van der Waals surface area contributed by atoms with Crippen molar-refractivity contribution in [3.8, 4) is 0 Å². The molecule has 0 atom stereocenters. The van der Waals surface area contributed by atoms with Gasteiger partial charge in [-0.3, -0.25) is 4.99 Å². The van der Waals surface area contributed by atoms with Crippen molar-refractivity contribution in [2.75, 3.05) is 20.1 Å². The number of guanidine groups is 1. The zero-order valence-electron chi connectivity index (χ0n) is 14.9. The monoisotopic (exact) mass is 435 g/mol. The van der Waals surface area contributed by atoms with Crippen LogP contribution in [0.1, 0.15) is 52.4 Å². The molecule has 1 rings (SSSR count). The first-order valence-corrected chi connectivity index (χ1v) is 8.62. The summed E-state index contributed by atoms with van der Waals surface area (Å²) in [7, 11) is 1.83. The van der Waals surface area contributed by atoms with E-state index in [1.807, 2.05) is 25.8 Å². The fraction of sp³-hybridized carbons (Fsp3) is 0.765. The summed E-state index contributed by atoms with van der Waals surface area (Å²) in [5.74, 6) is 1.75. The van der Waals surface area contributed by atoms with E-state index in [4.69, 9.17) is 0 Å². The standard InChI is InChI=1S/C17H33N5.HI/c1-16(2)9-6-4-5-7-10-20-17(18-3)21-11-8-13-22-14-12-19-15-22;/h12,14-16H,4-11,13H2,1-3H3,(H2,18,20,21);1H. The minimum absolute atomic E-state index is 0. The number of unbranched alkanes of at least 4 members (excludes halogenated alkanes) is 3. The first-order chi connectivity index (χ1) is 10.7. The number of nitrogens with one attached hydrogen (secondary N) is 2. The molecule has 0 aliphatic heterocycles. The minimum atomic E-state index is 0. The van der Waals surface area contributed by atoms with E-state index < -0.39 is 0 Å². The van der Waals surface area contributed by atoms with Gasteiger partial charge in [-0.2, -0.15) is 0 Å². The summed E-state index contributed by atoms with van der Waals surface area (Å²) < 4.78 is 2.09. The van der Waals surface area contributed by atoms with Crippen molar-refractivity contribution in [3.05, 3.63) is 18.7 Å². The van der Waals surface area contributed by atoms with Crippen molar-refractivity contribution < 1.29 is 0 Å². The highest BCUT2D eigenvalue weighted by Gasteiger charge is 1.98. The number of nitrogens with zero attached hydrogens (tertiary/aromatic N) is 3. The Balaban J connectivity index is 0.00000484. The fourth-order valence-electron chi connectivity index (χ4n) is 2.35. The first-order valence-electron chi connectivity index (χ1n) is 8.62. The van der Waals surface area contributed by atoms with Crippen molar-refractivity contribution in [3.63, 3.8) is 0 Å². The third-order valence-corrected chi connectivity index (χ3v) is 3.67. The molecule has 0 fully saturated rings. The lowest BCUT2D eigenvalue weighted by atomic mass is 10.0. The molecule has 0 amide bonds. The van der Waals surface area contributed by atoms with Gasteiger partial charge in [-0.25, -0.2) is 4.98 Å². The van der Waals surface area contributed by atoms with Gasteiger partial charge in [-0.05, 0) is 18.8 Å².